The number of rotatable bonds is 7. The van der Waals surface area contributed by atoms with Crippen molar-refractivity contribution in [1.29, 1.82) is 0 Å². The Morgan fingerprint density at radius 2 is 1.20 bits per heavy atom. The van der Waals surface area contributed by atoms with Gasteiger partial charge in [-0.25, -0.2) is 0 Å². The Balaban J connectivity index is 3.41. The van der Waals surface area contributed by atoms with Crippen LogP contribution in [0.4, 0.5) is 0 Å². The molecule has 0 bridgehead atoms. The summed E-state index contributed by atoms with van der Waals surface area (Å²) in [5.74, 6) is 0. The molecule has 0 heterocycles. The van der Waals surface area contributed by atoms with Crippen LogP contribution in [0.5, 0.6) is 0 Å². The fourth-order valence-electron chi connectivity index (χ4n) is 3.12. The average molecular weight is 362 g/mol. The fourth-order valence-corrected chi connectivity index (χ4v) is 11.5. The van der Waals surface area contributed by atoms with Crippen LogP contribution in [0.1, 0.15) is 55.4 Å². The molecule has 0 saturated heterocycles. The van der Waals surface area contributed by atoms with E-state index in [0.717, 1.165) is 0 Å². The van der Waals surface area contributed by atoms with Gasteiger partial charge in [0.1, 0.15) is 0 Å². The molecule has 0 N–H and O–H groups in total. The van der Waals surface area contributed by atoms with Crippen LogP contribution in [-0.2, 0) is 30.0 Å². The van der Waals surface area contributed by atoms with E-state index in [0.29, 0.717) is 19.8 Å². The van der Waals surface area contributed by atoms with Gasteiger partial charge in [-0.2, -0.15) is 0 Å². The molecule has 1 aliphatic carbocycles. The molecule has 1 aliphatic rings. The molecule has 0 unspecified atom stereocenters. The summed E-state index contributed by atoms with van der Waals surface area (Å²) in [6.45, 7) is 19.1. The van der Waals surface area contributed by atoms with Crippen LogP contribution in [0, 0.1) is 5.41 Å². The summed E-state index contributed by atoms with van der Waals surface area (Å²) < 4.78 is 19.8. The normalized spacial score (nSPS) is 19.2. The average Bonchev–Trinajstić information content (AvgIpc) is 2.51. The van der Waals surface area contributed by atoms with E-state index in [4.69, 9.17) is 8.44 Å². The van der Waals surface area contributed by atoms with Crippen molar-refractivity contribution >= 4 is 0 Å². The molecule has 116 valence electrons. The maximum absolute atomic E-state index is 6.18. The van der Waals surface area contributed by atoms with Crippen molar-refractivity contribution in [1.82, 2.24) is 0 Å². The molecular formula is C16H30O3Zr. The zero-order valence-electron chi connectivity index (χ0n) is 14.3. The van der Waals surface area contributed by atoms with Gasteiger partial charge < -0.3 is 0 Å². The Morgan fingerprint density at radius 1 is 0.800 bits per heavy atom. The predicted octanol–water partition coefficient (Wildman–Crippen LogP) is 4.65. The van der Waals surface area contributed by atoms with Crippen LogP contribution in [0.25, 0.3) is 0 Å². The molecule has 3 nitrogen and oxygen atoms in total. The second-order valence-electron chi connectivity index (χ2n) is 5.73. The van der Waals surface area contributed by atoms with Crippen LogP contribution in [0.3, 0.4) is 0 Å². The minimum absolute atomic E-state index is 0.0241. The van der Waals surface area contributed by atoms with E-state index in [1.807, 2.05) is 20.8 Å². The molecule has 0 aromatic carbocycles. The summed E-state index contributed by atoms with van der Waals surface area (Å²) in [7, 11) is 0. The summed E-state index contributed by atoms with van der Waals surface area (Å²) in [6.07, 6.45) is 0. The van der Waals surface area contributed by atoms with Crippen molar-refractivity contribution in [2.24, 2.45) is 5.41 Å². The zero-order chi connectivity index (χ0) is 15.6. The molecule has 4 heteroatoms. The molecule has 0 amide bonds. The van der Waals surface area contributed by atoms with Crippen LogP contribution in [-0.4, -0.2) is 19.8 Å². The van der Waals surface area contributed by atoms with Crippen LogP contribution >= 0.6 is 0 Å². The van der Waals surface area contributed by atoms with Crippen LogP contribution in [0.2, 0.25) is 0 Å². The molecule has 1 rings (SSSR count). The summed E-state index contributed by atoms with van der Waals surface area (Å²) in [5, 5.41) is 0. The Hall–Kier alpha value is 0.243. The van der Waals surface area contributed by atoms with Gasteiger partial charge in [0.15, 0.2) is 0 Å². The molecule has 20 heavy (non-hydrogen) atoms. The van der Waals surface area contributed by atoms with Crippen molar-refractivity contribution in [3.63, 3.8) is 0 Å². The van der Waals surface area contributed by atoms with E-state index >= 15 is 0 Å². The van der Waals surface area contributed by atoms with E-state index < -0.39 is 21.6 Å². The van der Waals surface area contributed by atoms with Gasteiger partial charge in [-0.05, 0) is 0 Å². The van der Waals surface area contributed by atoms with Crippen LogP contribution < -0.4 is 0 Å². The van der Waals surface area contributed by atoms with Crippen molar-refractivity contribution in [2.45, 2.75) is 55.4 Å². The van der Waals surface area contributed by atoms with Crippen molar-refractivity contribution in [3.05, 3.63) is 20.0 Å². The number of hydrogen-bond donors (Lipinski definition) is 0. The van der Waals surface area contributed by atoms with Crippen molar-refractivity contribution in [2.75, 3.05) is 19.8 Å². The van der Waals surface area contributed by atoms with Gasteiger partial charge in [0.25, 0.3) is 0 Å². The molecule has 0 saturated carbocycles. The molecule has 0 aromatic rings. The molecule has 0 aliphatic heterocycles. The van der Waals surface area contributed by atoms with E-state index in [-0.39, 0.29) is 5.41 Å². The Bertz CT molecular complexity index is 404. The zero-order valence-corrected chi connectivity index (χ0v) is 16.8. The van der Waals surface area contributed by atoms with Crippen LogP contribution in [0.15, 0.2) is 20.0 Å². The number of allylic oxidation sites excluding steroid dienone is 4. The molecule has 0 spiro atoms. The second-order valence-corrected chi connectivity index (χ2v) is 11.8. The van der Waals surface area contributed by atoms with Gasteiger partial charge in [-0.3, -0.25) is 0 Å². The molecule has 0 atom stereocenters. The third-order valence-corrected chi connectivity index (χ3v) is 13.3. The third kappa shape index (κ3) is 3.04. The molecular weight excluding hydrogens is 331 g/mol. The maximum atomic E-state index is 6.18. The molecule has 0 aromatic heterocycles. The Morgan fingerprint density at radius 3 is 1.45 bits per heavy atom. The fraction of sp³-hybridized carbons (Fsp3) is 0.750. The standard InChI is InChI=1S/C10H15.3C2H5O.Zr/c1-7-6-10(4,5)9(3)8(7)2;3*1-2-3;/h1-5H3;3*2H2,1H3;/q;3*-1;+3. The second kappa shape index (κ2) is 7.00. The van der Waals surface area contributed by atoms with Gasteiger partial charge >= 0.3 is 131 Å². The first-order valence-electron chi connectivity index (χ1n) is 7.60. The summed E-state index contributed by atoms with van der Waals surface area (Å²) in [6, 6.07) is 0. The van der Waals surface area contributed by atoms with E-state index in [2.05, 4.69) is 34.6 Å². The summed E-state index contributed by atoms with van der Waals surface area (Å²) in [4.78, 5) is 0. The monoisotopic (exact) mass is 360 g/mol. The minimum atomic E-state index is -3.70. The van der Waals surface area contributed by atoms with Gasteiger partial charge in [0.05, 0.1) is 0 Å². The third-order valence-electron chi connectivity index (χ3n) is 4.37. The summed E-state index contributed by atoms with van der Waals surface area (Å²) in [5.41, 5.74) is 4.07. The van der Waals surface area contributed by atoms with Gasteiger partial charge in [-0.1, -0.05) is 0 Å². The Kier molecular flexibility index (Phi) is 6.40. The van der Waals surface area contributed by atoms with E-state index in [9.17, 15) is 0 Å². The van der Waals surface area contributed by atoms with Gasteiger partial charge in [-0.15, -0.1) is 0 Å². The molecule has 0 radical (unpaired) electrons. The van der Waals surface area contributed by atoms with Crippen molar-refractivity contribution in [3.8, 4) is 0 Å². The number of hydrogen-bond acceptors (Lipinski definition) is 3. The quantitative estimate of drug-likeness (QED) is 0.661. The first-order chi connectivity index (χ1) is 9.28. The first-order valence-corrected chi connectivity index (χ1v) is 11.8. The Labute approximate surface area is 130 Å². The van der Waals surface area contributed by atoms with Gasteiger partial charge in [0, 0.05) is 0 Å². The summed E-state index contributed by atoms with van der Waals surface area (Å²) >= 11 is -3.70. The molecule has 0 fully saturated rings. The predicted molar refractivity (Wildman–Crippen MR) is 79.7 cm³/mol. The van der Waals surface area contributed by atoms with E-state index in [1.165, 1.54) is 20.0 Å². The first kappa shape index (κ1) is 18.3. The van der Waals surface area contributed by atoms with Crippen molar-refractivity contribution < 1.29 is 30.0 Å². The van der Waals surface area contributed by atoms with Gasteiger partial charge in [0.2, 0.25) is 0 Å². The topological polar surface area (TPSA) is 27.7 Å². The van der Waals surface area contributed by atoms with E-state index in [1.54, 1.807) is 0 Å². The SMILES string of the molecule is CC[O][Zr]([O]CC)([O]CC)[C]1=C(C)C(C)=C(C)C1(C)C.